The molecule has 0 spiro atoms. The monoisotopic (exact) mass is 264 g/mol. The summed E-state index contributed by atoms with van der Waals surface area (Å²) in [5.74, 6) is 0.525. The molecule has 0 fully saturated rings. The van der Waals surface area contributed by atoms with E-state index >= 15 is 0 Å². The van der Waals surface area contributed by atoms with Crippen LogP contribution in [0.2, 0.25) is 0 Å². The van der Waals surface area contributed by atoms with Gasteiger partial charge in [-0.1, -0.05) is 26.0 Å². The summed E-state index contributed by atoms with van der Waals surface area (Å²) in [7, 11) is 0. The summed E-state index contributed by atoms with van der Waals surface area (Å²) in [5.41, 5.74) is 1.06. The van der Waals surface area contributed by atoms with Gasteiger partial charge in [0, 0.05) is 12.0 Å². The third-order valence-electron chi connectivity index (χ3n) is 3.01. The summed E-state index contributed by atoms with van der Waals surface area (Å²) in [6, 6.07) is 8.55. The summed E-state index contributed by atoms with van der Waals surface area (Å²) < 4.78 is 9.99. The predicted molar refractivity (Wildman–Crippen MR) is 78.4 cm³/mol. The van der Waals surface area contributed by atoms with Crippen LogP contribution >= 0.6 is 11.5 Å². The molecule has 0 radical (unpaired) electrons. The van der Waals surface area contributed by atoms with E-state index in [0.717, 1.165) is 23.7 Å². The summed E-state index contributed by atoms with van der Waals surface area (Å²) in [6.45, 7) is 7.94. The maximum absolute atomic E-state index is 5.54. The molecule has 4 heteroatoms. The van der Waals surface area contributed by atoms with Gasteiger partial charge in [0.2, 0.25) is 0 Å². The van der Waals surface area contributed by atoms with Crippen molar-refractivity contribution >= 4 is 27.4 Å². The lowest BCUT2D eigenvalue weighted by atomic mass is 10.1. The maximum atomic E-state index is 5.54. The van der Waals surface area contributed by atoms with Crippen molar-refractivity contribution in [3.8, 4) is 0 Å². The van der Waals surface area contributed by atoms with Gasteiger partial charge < -0.3 is 10.1 Å². The van der Waals surface area contributed by atoms with Crippen molar-refractivity contribution in [2.45, 2.75) is 26.8 Å². The Bertz CT molecular complexity index is 495. The van der Waals surface area contributed by atoms with E-state index in [1.54, 1.807) is 0 Å². The quantitative estimate of drug-likeness (QED) is 0.862. The summed E-state index contributed by atoms with van der Waals surface area (Å²) in [5, 5.41) is 5.91. The Morgan fingerprint density at radius 2 is 2.11 bits per heavy atom. The molecule has 1 N–H and O–H groups in total. The summed E-state index contributed by atoms with van der Waals surface area (Å²) in [6.07, 6.45) is 0. The molecule has 0 bridgehead atoms. The molecule has 3 nitrogen and oxygen atoms in total. The fourth-order valence-corrected chi connectivity index (χ4v) is 2.63. The topological polar surface area (TPSA) is 34.1 Å². The predicted octanol–water partition coefficient (Wildman–Crippen LogP) is 3.77. The Labute approximate surface area is 112 Å². The molecule has 2 aromatic rings. The molecule has 0 aliphatic carbocycles. The van der Waals surface area contributed by atoms with E-state index in [1.807, 2.05) is 19.1 Å². The number of aromatic nitrogens is 1. The average molecular weight is 264 g/mol. The van der Waals surface area contributed by atoms with E-state index in [4.69, 9.17) is 4.74 Å². The van der Waals surface area contributed by atoms with Gasteiger partial charge in [-0.05, 0) is 36.5 Å². The Kier molecular flexibility index (Phi) is 4.55. The van der Waals surface area contributed by atoms with E-state index in [2.05, 4.69) is 35.7 Å². The van der Waals surface area contributed by atoms with Gasteiger partial charge in [0.25, 0.3) is 0 Å². The molecular formula is C14H20N2OS. The van der Waals surface area contributed by atoms with E-state index < -0.39 is 0 Å². The van der Waals surface area contributed by atoms with Crippen molar-refractivity contribution in [3.05, 3.63) is 24.3 Å². The SMILES string of the molecule is CCOCC(Nc1snc2ccccc12)C(C)C. The van der Waals surface area contributed by atoms with Crippen LogP contribution in [0.4, 0.5) is 5.00 Å². The van der Waals surface area contributed by atoms with Crippen LogP contribution in [0.3, 0.4) is 0 Å². The third kappa shape index (κ3) is 3.00. The minimum Gasteiger partial charge on any atom is -0.380 e. The fourth-order valence-electron chi connectivity index (χ4n) is 1.81. The molecular weight excluding hydrogens is 244 g/mol. The zero-order valence-corrected chi connectivity index (χ0v) is 12.0. The Morgan fingerprint density at radius 1 is 1.33 bits per heavy atom. The molecule has 0 saturated carbocycles. The fraction of sp³-hybridized carbons (Fsp3) is 0.500. The average Bonchev–Trinajstić information content (AvgIpc) is 2.77. The van der Waals surface area contributed by atoms with E-state index in [-0.39, 0.29) is 0 Å². The minimum absolute atomic E-state index is 0.328. The highest BCUT2D eigenvalue weighted by Crippen LogP contribution is 2.28. The van der Waals surface area contributed by atoms with E-state index in [1.165, 1.54) is 16.9 Å². The zero-order chi connectivity index (χ0) is 13.0. The lowest BCUT2D eigenvalue weighted by molar-refractivity contribution is 0.127. The summed E-state index contributed by atoms with van der Waals surface area (Å²) >= 11 is 1.53. The van der Waals surface area contributed by atoms with Gasteiger partial charge in [0.1, 0.15) is 5.00 Å². The van der Waals surface area contributed by atoms with Gasteiger partial charge in [0.05, 0.1) is 18.2 Å². The first-order chi connectivity index (χ1) is 8.72. The number of ether oxygens (including phenoxy) is 1. The standard InChI is InChI=1S/C14H20N2OS/c1-4-17-9-13(10(2)3)15-14-11-7-5-6-8-12(11)16-18-14/h5-8,10,13,15H,4,9H2,1-3H3. The second-order valence-electron chi connectivity index (χ2n) is 4.68. The molecule has 98 valence electrons. The lowest BCUT2D eigenvalue weighted by Gasteiger charge is -2.22. The largest absolute Gasteiger partial charge is 0.380 e. The first-order valence-corrected chi connectivity index (χ1v) is 7.18. The van der Waals surface area contributed by atoms with Crippen molar-refractivity contribution in [2.75, 3.05) is 18.5 Å². The molecule has 1 unspecified atom stereocenters. The molecule has 2 rings (SSSR count). The number of nitrogens with zero attached hydrogens (tertiary/aromatic N) is 1. The van der Waals surface area contributed by atoms with Crippen LogP contribution < -0.4 is 5.32 Å². The first kappa shape index (κ1) is 13.3. The number of rotatable bonds is 6. The second-order valence-corrected chi connectivity index (χ2v) is 5.46. The number of benzene rings is 1. The van der Waals surface area contributed by atoms with Crippen molar-refractivity contribution in [2.24, 2.45) is 5.92 Å². The van der Waals surface area contributed by atoms with Gasteiger partial charge in [-0.25, -0.2) is 0 Å². The van der Waals surface area contributed by atoms with Crippen LogP contribution in [0.1, 0.15) is 20.8 Å². The van der Waals surface area contributed by atoms with Crippen molar-refractivity contribution in [1.82, 2.24) is 4.37 Å². The molecule has 1 atom stereocenters. The van der Waals surface area contributed by atoms with Crippen LogP contribution in [-0.4, -0.2) is 23.6 Å². The Morgan fingerprint density at radius 3 is 2.83 bits per heavy atom. The molecule has 0 saturated heterocycles. The number of anilines is 1. The molecule has 18 heavy (non-hydrogen) atoms. The number of hydrogen-bond acceptors (Lipinski definition) is 4. The van der Waals surface area contributed by atoms with Gasteiger partial charge >= 0.3 is 0 Å². The van der Waals surface area contributed by atoms with Gasteiger partial charge in [0.15, 0.2) is 0 Å². The van der Waals surface area contributed by atoms with Crippen LogP contribution in [0.25, 0.3) is 10.9 Å². The molecule has 0 amide bonds. The normalized spacial score (nSPS) is 13.1. The summed E-state index contributed by atoms with van der Waals surface area (Å²) in [4.78, 5) is 0. The van der Waals surface area contributed by atoms with Crippen molar-refractivity contribution in [3.63, 3.8) is 0 Å². The molecule has 1 aromatic heterocycles. The van der Waals surface area contributed by atoms with Gasteiger partial charge in [-0.15, -0.1) is 0 Å². The van der Waals surface area contributed by atoms with Gasteiger partial charge in [-0.3, -0.25) is 0 Å². The Balaban J connectivity index is 2.15. The smallest absolute Gasteiger partial charge is 0.117 e. The molecule has 0 aliphatic heterocycles. The number of nitrogens with one attached hydrogen (secondary N) is 1. The Hall–Kier alpha value is -1.13. The number of fused-ring (bicyclic) bond motifs is 1. The van der Waals surface area contributed by atoms with E-state index in [9.17, 15) is 0 Å². The van der Waals surface area contributed by atoms with Crippen molar-refractivity contribution in [1.29, 1.82) is 0 Å². The van der Waals surface area contributed by atoms with Crippen LogP contribution in [0.5, 0.6) is 0 Å². The highest BCUT2D eigenvalue weighted by atomic mass is 32.1. The van der Waals surface area contributed by atoms with E-state index in [0.29, 0.717) is 12.0 Å². The second kappa shape index (κ2) is 6.16. The van der Waals surface area contributed by atoms with Crippen LogP contribution in [0.15, 0.2) is 24.3 Å². The third-order valence-corrected chi connectivity index (χ3v) is 3.82. The van der Waals surface area contributed by atoms with Crippen LogP contribution in [0, 0.1) is 5.92 Å². The first-order valence-electron chi connectivity index (χ1n) is 6.41. The zero-order valence-electron chi connectivity index (χ0n) is 11.1. The lowest BCUT2D eigenvalue weighted by Crippen LogP contribution is -2.30. The highest BCUT2D eigenvalue weighted by molar-refractivity contribution is 7.11. The minimum atomic E-state index is 0.328. The molecule has 1 heterocycles. The van der Waals surface area contributed by atoms with Gasteiger partial charge in [-0.2, -0.15) is 4.37 Å². The van der Waals surface area contributed by atoms with Crippen LogP contribution in [-0.2, 0) is 4.74 Å². The van der Waals surface area contributed by atoms with Crippen molar-refractivity contribution < 1.29 is 4.74 Å². The number of hydrogen-bond donors (Lipinski definition) is 1. The highest BCUT2D eigenvalue weighted by Gasteiger charge is 2.15. The maximum Gasteiger partial charge on any atom is 0.117 e. The molecule has 0 aliphatic rings. The molecule has 1 aromatic carbocycles.